The van der Waals surface area contributed by atoms with Gasteiger partial charge in [-0.1, -0.05) is 17.7 Å². The van der Waals surface area contributed by atoms with Gasteiger partial charge in [0.1, 0.15) is 11.4 Å². The largest absolute Gasteiger partial charge is 0.338 e. The molecular formula is C13H13ClFN3O. The fourth-order valence-electron chi connectivity index (χ4n) is 2.02. The fourth-order valence-corrected chi connectivity index (χ4v) is 2.20. The molecule has 2 aliphatic rings. The first-order valence-electron chi connectivity index (χ1n) is 6.12. The van der Waals surface area contributed by atoms with Crippen LogP contribution in [-0.2, 0) is 10.3 Å². The molecule has 1 unspecified atom stereocenters. The minimum absolute atomic E-state index is 0.000840. The quantitative estimate of drug-likeness (QED) is 0.870. The zero-order valence-corrected chi connectivity index (χ0v) is 11.1. The van der Waals surface area contributed by atoms with E-state index in [4.69, 9.17) is 11.6 Å². The summed E-state index contributed by atoms with van der Waals surface area (Å²) in [5, 5.41) is 5.77. The number of guanidine groups is 1. The Hall–Kier alpha value is -1.62. The second kappa shape index (κ2) is 4.20. The van der Waals surface area contributed by atoms with Crippen molar-refractivity contribution in [1.82, 2.24) is 10.6 Å². The summed E-state index contributed by atoms with van der Waals surface area (Å²) in [6, 6.07) is 4.58. The average Bonchev–Trinajstić information content (AvgIpc) is 3.10. The molecule has 6 heteroatoms. The number of carbonyl (C=O) groups excluding carboxylic acids is 1. The van der Waals surface area contributed by atoms with E-state index in [1.165, 1.54) is 12.1 Å². The van der Waals surface area contributed by atoms with Crippen LogP contribution < -0.4 is 10.6 Å². The molecule has 1 atom stereocenters. The lowest BCUT2D eigenvalue weighted by Crippen LogP contribution is -2.40. The van der Waals surface area contributed by atoms with Crippen molar-refractivity contribution in [3.05, 3.63) is 34.6 Å². The molecular weight excluding hydrogens is 269 g/mol. The first kappa shape index (κ1) is 12.4. The number of rotatable bonds is 2. The molecule has 0 aromatic heterocycles. The average molecular weight is 282 g/mol. The van der Waals surface area contributed by atoms with Gasteiger partial charge in [-0.15, -0.1) is 0 Å². The van der Waals surface area contributed by atoms with E-state index in [1.807, 2.05) is 0 Å². The normalized spacial score (nSPS) is 28.4. The van der Waals surface area contributed by atoms with Crippen molar-refractivity contribution in [2.45, 2.75) is 31.3 Å². The maximum absolute atomic E-state index is 13.2. The Morgan fingerprint density at radius 3 is 2.84 bits per heavy atom. The third-order valence-electron chi connectivity index (χ3n) is 3.41. The third kappa shape index (κ3) is 2.18. The number of carbonyl (C=O) groups is 1. The van der Waals surface area contributed by atoms with Crippen molar-refractivity contribution in [2.24, 2.45) is 4.99 Å². The zero-order chi connectivity index (χ0) is 13.6. The van der Waals surface area contributed by atoms with E-state index >= 15 is 0 Å². The molecule has 1 aliphatic heterocycles. The molecule has 1 amide bonds. The molecule has 3 rings (SSSR count). The third-order valence-corrected chi connectivity index (χ3v) is 3.70. The van der Waals surface area contributed by atoms with Crippen LogP contribution in [-0.4, -0.2) is 17.9 Å². The van der Waals surface area contributed by atoms with Crippen LogP contribution in [0.4, 0.5) is 4.39 Å². The number of aliphatic imine (C=N–C) groups is 1. The molecule has 1 heterocycles. The van der Waals surface area contributed by atoms with Crippen LogP contribution in [0.2, 0.25) is 5.02 Å². The van der Waals surface area contributed by atoms with E-state index in [2.05, 4.69) is 15.6 Å². The van der Waals surface area contributed by atoms with Crippen molar-refractivity contribution in [2.75, 3.05) is 0 Å². The molecule has 100 valence electrons. The van der Waals surface area contributed by atoms with Crippen LogP contribution in [0.5, 0.6) is 0 Å². The lowest BCUT2D eigenvalue weighted by Gasteiger charge is -2.21. The number of nitrogens with one attached hydrogen (secondary N) is 2. The highest BCUT2D eigenvalue weighted by Crippen LogP contribution is 2.29. The highest BCUT2D eigenvalue weighted by Gasteiger charge is 2.43. The van der Waals surface area contributed by atoms with Crippen LogP contribution in [0.25, 0.3) is 0 Å². The first-order valence-corrected chi connectivity index (χ1v) is 6.50. The summed E-state index contributed by atoms with van der Waals surface area (Å²) in [7, 11) is 0. The Kier molecular flexibility index (Phi) is 2.74. The molecule has 1 saturated heterocycles. The monoisotopic (exact) mass is 281 g/mol. The summed E-state index contributed by atoms with van der Waals surface area (Å²) >= 11 is 5.77. The Morgan fingerprint density at radius 2 is 2.21 bits per heavy atom. The first-order chi connectivity index (χ1) is 8.99. The van der Waals surface area contributed by atoms with E-state index in [9.17, 15) is 9.18 Å². The minimum atomic E-state index is -0.967. The maximum atomic E-state index is 13.2. The van der Waals surface area contributed by atoms with Crippen molar-refractivity contribution in [1.29, 1.82) is 0 Å². The Balaban J connectivity index is 1.93. The van der Waals surface area contributed by atoms with Crippen LogP contribution in [0, 0.1) is 5.82 Å². The molecule has 0 radical (unpaired) electrons. The molecule has 2 fully saturated rings. The number of hydrogen-bond donors (Lipinski definition) is 2. The molecule has 1 aromatic rings. The van der Waals surface area contributed by atoms with Crippen LogP contribution >= 0.6 is 11.6 Å². The van der Waals surface area contributed by atoms with Gasteiger partial charge in [0.05, 0.1) is 11.1 Å². The van der Waals surface area contributed by atoms with Gasteiger partial charge in [-0.3, -0.25) is 10.1 Å². The Morgan fingerprint density at radius 1 is 1.47 bits per heavy atom. The maximum Gasteiger partial charge on any atom is 0.256 e. The molecule has 0 spiro atoms. The second-order valence-electron chi connectivity index (χ2n) is 5.04. The molecule has 1 aliphatic carbocycles. The highest BCUT2D eigenvalue weighted by molar-refractivity contribution is 6.30. The molecule has 1 aromatic carbocycles. The van der Waals surface area contributed by atoms with Crippen LogP contribution in [0.15, 0.2) is 23.2 Å². The SMILES string of the molecule is CC1(c2ccc(F)c(Cl)c2)NC(=NC2CC2)NC1=O. The summed E-state index contributed by atoms with van der Waals surface area (Å²) in [6.07, 6.45) is 2.11. The van der Waals surface area contributed by atoms with Gasteiger partial charge in [-0.25, -0.2) is 9.38 Å². The molecule has 2 N–H and O–H groups in total. The molecule has 1 saturated carbocycles. The number of halogens is 2. The van der Waals surface area contributed by atoms with Crippen molar-refractivity contribution >= 4 is 23.5 Å². The van der Waals surface area contributed by atoms with Crippen molar-refractivity contribution < 1.29 is 9.18 Å². The lowest BCUT2D eigenvalue weighted by molar-refractivity contribution is -0.123. The van der Waals surface area contributed by atoms with Crippen LogP contribution in [0.3, 0.4) is 0 Å². The highest BCUT2D eigenvalue weighted by atomic mass is 35.5. The summed E-state index contributed by atoms with van der Waals surface area (Å²) in [5.74, 6) is -0.232. The van der Waals surface area contributed by atoms with Crippen molar-refractivity contribution in [3.8, 4) is 0 Å². The zero-order valence-electron chi connectivity index (χ0n) is 10.3. The van der Waals surface area contributed by atoms with Gasteiger partial charge >= 0.3 is 0 Å². The second-order valence-corrected chi connectivity index (χ2v) is 5.45. The molecule has 0 bridgehead atoms. The predicted octanol–water partition coefficient (Wildman–Crippen LogP) is 1.93. The predicted molar refractivity (Wildman–Crippen MR) is 70.5 cm³/mol. The summed E-state index contributed by atoms with van der Waals surface area (Å²) in [6.45, 7) is 1.72. The van der Waals surface area contributed by atoms with E-state index in [0.29, 0.717) is 17.6 Å². The minimum Gasteiger partial charge on any atom is -0.338 e. The van der Waals surface area contributed by atoms with Crippen molar-refractivity contribution in [3.63, 3.8) is 0 Å². The van der Waals surface area contributed by atoms with Gasteiger partial charge < -0.3 is 5.32 Å². The molecule has 4 nitrogen and oxygen atoms in total. The fraction of sp³-hybridized carbons (Fsp3) is 0.385. The smallest absolute Gasteiger partial charge is 0.256 e. The summed E-state index contributed by atoms with van der Waals surface area (Å²) in [4.78, 5) is 16.5. The number of amides is 1. The number of hydrogen-bond acceptors (Lipinski definition) is 2. The summed E-state index contributed by atoms with van der Waals surface area (Å²) < 4.78 is 13.2. The standard InChI is InChI=1S/C13H13ClFN3O/c1-13(7-2-5-10(15)9(14)6-7)11(19)17-12(18-13)16-8-3-4-8/h2,5-6,8H,3-4H2,1H3,(H2,16,17,18,19). The van der Waals surface area contributed by atoms with Crippen LogP contribution in [0.1, 0.15) is 25.3 Å². The van der Waals surface area contributed by atoms with E-state index in [1.54, 1.807) is 13.0 Å². The molecule has 19 heavy (non-hydrogen) atoms. The summed E-state index contributed by atoms with van der Waals surface area (Å²) in [5.41, 5.74) is -0.358. The van der Waals surface area contributed by atoms with E-state index in [-0.39, 0.29) is 10.9 Å². The van der Waals surface area contributed by atoms with E-state index < -0.39 is 11.4 Å². The van der Waals surface area contributed by atoms with Gasteiger partial charge in [0.25, 0.3) is 5.91 Å². The van der Waals surface area contributed by atoms with Gasteiger partial charge in [-0.2, -0.15) is 0 Å². The number of benzene rings is 1. The lowest BCUT2D eigenvalue weighted by atomic mass is 9.92. The van der Waals surface area contributed by atoms with Gasteiger partial charge in [-0.05, 0) is 37.5 Å². The Labute approximate surface area is 115 Å². The van der Waals surface area contributed by atoms with Gasteiger partial charge in [0.2, 0.25) is 0 Å². The van der Waals surface area contributed by atoms with E-state index in [0.717, 1.165) is 12.8 Å². The van der Waals surface area contributed by atoms with Gasteiger partial charge in [0.15, 0.2) is 5.96 Å². The topological polar surface area (TPSA) is 53.5 Å². The van der Waals surface area contributed by atoms with Gasteiger partial charge in [0, 0.05) is 0 Å². The Bertz CT molecular complexity index is 585. The number of nitrogens with zero attached hydrogens (tertiary/aromatic N) is 1.